The molecule has 0 aliphatic carbocycles. The zero-order valence-corrected chi connectivity index (χ0v) is 14.0. The molecule has 0 atom stereocenters. The van der Waals surface area contributed by atoms with Gasteiger partial charge in [-0.2, -0.15) is 5.26 Å². The molecule has 0 radical (unpaired) electrons. The molecule has 5 heteroatoms. The number of rotatable bonds is 1. The fourth-order valence-electron chi connectivity index (χ4n) is 2.91. The van der Waals surface area contributed by atoms with E-state index in [2.05, 4.69) is 4.98 Å². The zero-order valence-electron chi connectivity index (χ0n) is 14.0. The number of fused-ring (bicyclic) bond motifs is 3. The van der Waals surface area contributed by atoms with Gasteiger partial charge in [0.05, 0.1) is 22.0 Å². The first-order valence-electron chi connectivity index (χ1n) is 7.64. The number of benzene rings is 2. The molecule has 3 rings (SSSR count). The highest BCUT2D eigenvalue weighted by molar-refractivity contribution is 6.18. The van der Waals surface area contributed by atoms with E-state index in [0.717, 1.165) is 10.9 Å². The Labute approximate surface area is 139 Å². The second kappa shape index (κ2) is 5.27. The lowest BCUT2D eigenvalue weighted by Gasteiger charge is -2.21. The third-order valence-corrected chi connectivity index (χ3v) is 3.89. The molecule has 1 heterocycles. The van der Waals surface area contributed by atoms with Gasteiger partial charge < -0.3 is 14.8 Å². The van der Waals surface area contributed by atoms with Crippen molar-refractivity contribution in [2.45, 2.75) is 33.3 Å². The Balaban J connectivity index is 2.44. The molecule has 24 heavy (non-hydrogen) atoms. The predicted octanol–water partition coefficient (Wildman–Crippen LogP) is 4.16. The molecule has 0 saturated carbocycles. The van der Waals surface area contributed by atoms with E-state index in [1.54, 1.807) is 27.7 Å². The lowest BCUT2D eigenvalue weighted by Crippen LogP contribution is -2.24. The molecular weight excluding hydrogens is 304 g/mol. The summed E-state index contributed by atoms with van der Waals surface area (Å²) in [7, 11) is 0. The fraction of sp³-hybridized carbons (Fsp3) is 0.263. The largest absolute Gasteiger partial charge is 0.506 e. The van der Waals surface area contributed by atoms with Crippen LogP contribution in [0.2, 0.25) is 0 Å². The molecule has 122 valence electrons. The van der Waals surface area contributed by atoms with Crippen LogP contribution >= 0.6 is 0 Å². The monoisotopic (exact) mass is 322 g/mol. The summed E-state index contributed by atoms with van der Waals surface area (Å²) in [6, 6.07) is 9.39. The minimum atomic E-state index is -0.660. The highest BCUT2D eigenvalue weighted by atomic mass is 16.6. The second-order valence-electron chi connectivity index (χ2n) is 6.76. The molecule has 1 aromatic heterocycles. The third kappa shape index (κ3) is 2.37. The summed E-state index contributed by atoms with van der Waals surface area (Å²) in [5, 5.41) is 21.2. The molecule has 0 saturated heterocycles. The Hall–Kier alpha value is -3.00. The molecule has 0 unspecified atom stereocenters. The van der Waals surface area contributed by atoms with E-state index in [1.165, 1.54) is 0 Å². The van der Waals surface area contributed by atoms with Gasteiger partial charge in [0.15, 0.2) is 0 Å². The SMILES string of the molecule is Cc1c(C#N)c(O)c2c([nH]c3ccccc32)c1C(=O)OC(C)(C)C. The number of aromatic nitrogens is 1. The quantitative estimate of drug-likeness (QED) is 0.659. The first kappa shape index (κ1) is 15.9. The van der Waals surface area contributed by atoms with Crippen LogP contribution in [0.5, 0.6) is 5.75 Å². The summed E-state index contributed by atoms with van der Waals surface area (Å²) >= 11 is 0. The maximum atomic E-state index is 12.7. The second-order valence-corrected chi connectivity index (χ2v) is 6.76. The average molecular weight is 322 g/mol. The highest BCUT2D eigenvalue weighted by Gasteiger charge is 2.27. The number of para-hydroxylation sites is 1. The van der Waals surface area contributed by atoms with E-state index in [0.29, 0.717) is 16.5 Å². The summed E-state index contributed by atoms with van der Waals surface area (Å²) < 4.78 is 5.50. The number of aromatic hydroxyl groups is 1. The Morgan fingerprint density at radius 2 is 1.96 bits per heavy atom. The molecule has 0 aliphatic heterocycles. The summed E-state index contributed by atoms with van der Waals surface area (Å²) in [6.45, 7) is 7.00. The lowest BCUT2D eigenvalue weighted by atomic mass is 9.97. The minimum Gasteiger partial charge on any atom is -0.506 e. The van der Waals surface area contributed by atoms with Crippen molar-refractivity contribution in [2.75, 3.05) is 0 Å². The fourth-order valence-corrected chi connectivity index (χ4v) is 2.91. The van der Waals surface area contributed by atoms with Crippen molar-refractivity contribution in [3.63, 3.8) is 0 Å². The number of aromatic amines is 1. The van der Waals surface area contributed by atoms with E-state index < -0.39 is 11.6 Å². The van der Waals surface area contributed by atoms with Gasteiger partial charge in [-0.15, -0.1) is 0 Å². The number of hydrogen-bond donors (Lipinski definition) is 2. The lowest BCUT2D eigenvalue weighted by molar-refractivity contribution is 0.00709. The van der Waals surface area contributed by atoms with E-state index in [4.69, 9.17) is 4.74 Å². The van der Waals surface area contributed by atoms with Crippen LogP contribution in [-0.4, -0.2) is 21.7 Å². The van der Waals surface area contributed by atoms with Crippen LogP contribution in [0, 0.1) is 18.3 Å². The summed E-state index contributed by atoms with van der Waals surface area (Å²) in [6.07, 6.45) is 0. The normalized spacial score (nSPS) is 11.6. The predicted molar refractivity (Wildman–Crippen MR) is 92.1 cm³/mol. The Bertz CT molecular complexity index is 1020. The summed E-state index contributed by atoms with van der Waals surface area (Å²) in [5.41, 5.74) is 1.38. The van der Waals surface area contributed by atoms with Gasteiger partial charge in [-0.1, -0.05) is 18.2 Å². The van der Waals surface area contributed by atoms with Crippen molar-refractivity contribution in [3.8, 4) is 11.8 Å². The molecule has 0 aliphatic rings. The first-order valence-corrected chi connectivity index (χ1v) is 7.64. The smallest absolute Gasteiger partial charge is 0.341 e. The third-order valence-electron chi connectivity index (χ3n) is 3.89. The molecule has 0 amide bonds. The van der Waals surface area contributed by atoms with Crippen LogP contribution < -0.4 is 0 Å². The van der Waals surface area contributed by atoms with Gasteiger partial charge in [0, 0.05) is 10.9 Å². The number of carbonyl (C=O) groups is 1. The molecule has 2 N–H and O–H groups in total. The Morgan fingerprint density at radius 3 is 2.58 bits per heavy atom. The number of phenolic OH excluding ortho intramolecular Hbond substituents is 1. The van der Waals surface area contributed by atoms with Gasteiger partial charge in [0.25, 0.3) is 0 Å². The van der Waals surface area contributed by atoms with Crippen LogP contribution in [0.1, 0.15) is 42.3 Å². The number of nitriles is 1. The van der Waals surface area contributed by atoms with E-state index in [9.17, 15) is 15.2 Å². The van der Waals surface area contributed by atoms with Gasteiger partial charge in [-0.05, 0) is 39.3 Å². The average Bonchev–Trinajstić information content (AvgIpc) is 2.84. The number of hydrogen-bond acceptors (Lipinski definition) is 4. The van der Waals surface area contributed by atoms with Gasteiger partial charge in [-0.25, -0.2) is 4.79 Å². The highest BCUT2D eigenvalue weighted by Crippen LogP contribution is 2.39. The van der Waals surface area contributed by atoms with Crippen molar-refractivity contribution in [3.05, 3.63) is 41.0 Å². The molecule has 0 bridgehead atoms. The van der Waals surface area contributed by atoms with Crippen molar-refractivity contribution >= 4 is 27.8 Å². The van der Waals surface area contributed by atoms with E-state index in [-0.39, 0.29) is 16.9 Å². The maximum absolute atomic E-state index is 12.7. The van der Waals surface area contributed by atoms with Gasteiger partial charge in [0.2, 0.25) is 0 Å². The van der Waals surface area contributed by atoms with Crippen molar-refractivity contribution < 1.29 is 14.6 Å². The van der Waals surface area contributed by atoms with Crippen LogP contribution in [0.4, 0.5) is 0 Å². The molecular formula is C19H18N2O3. The van der Waals surface area contributed by atoms with Crippen LogP contribution in [0.15, 0.2) is 24.3 Å². The van der Waals surface area contributed by atoms with Crippen LogP contribution in [0.25, 0.3) is 21.8 Å². The number of carbonyl (C=O) groups excluding carboxylic acids is 1. The molecule has 2 aromatic carbocycles. The number of nitrogens with zero attached hydrogens (tertiary/aromatic N) is 1. The van der Waals surface area contributed by atoms with Crippen molar-refractivity contribution in [1.82, 2.24) is 4.98 Å². The summed E-state index contributed by atoms with van der Waals surface area (Å²) in [5.74, 6) is -0.636. The van der Waals surface area contributed by atoms with Gasteiger partial charge >= 0.3 is 5.97 Å². The number of H-pyrrole nitrogens is 1. The molecule has 3 aromatic rings. The number of phenols is 1. The zero-order chi connectivity index (χ0) is 17.6. The maximum Gasteiger partial charge on any atom is 0.341 e. The first-order chi connectivity index (χ1) is 11.2. The van der Waals surface area contributed by atoms with Crippen molar-refractivity contribution in [1.29, 1.82) is 5.26 Å². The number of nitrogens with one attached hydrogen (secondary N) is 1. The number of ether oxygens (including phenoxy) is 1. The molecule has 0 spiro atoms. The molecule has 5 nitrogen and oxygen atoms in total. The Kier molecular flexibility index (Phi) is 3.49. The van der Waals surface area contributed by atoms with E-state index in [1.807, 2.05) is 30.3 Å². The molecule has 0 fully saturated rings. The minimum absolute atomic E-state index is 0.0908. The van der Waals surface area contributed by atoms with E-state index >= 15 is 0 Å². The van der Waals surface area contributed by atoms with Crippen LogP contribution in [0.3, 0.4) is 0 Å². The van der Waals surface area contributed by atoms with Crippen LogP contribution in [-0.2, 0) is 4.74 Å². The topological polar surface area (TPSA) is 86.1 Å². The van der Waals surface area contributed by atoms with Gasteiger partial charge in [-0.3, -0.25) is 0 Å². The number of esters is 1. The van der Waals surface area contributed by atoms with Crippen molar-refractivity contribution in [2.24, 2.45) is 0 Å². The standard InChI is InChI=1S/C19H18N2O3/c1-10-12(9-20)17(22)15-11-7-5-6-8-13(11)21-16(15)14(10)18(23)24-19(2,3)4/h5-8,21-22H,1-4H3. The Morgan fingerprint density at radius 1 is 1.29 bits per heavy atom. The summed E-state index contributed by atoms with van der Waals surface area (Å²) in [4.78, 5) is 15.9. The van der Waals surface area contributed by atoms with Gasteiger partial charge in [0.1, 0.15) is 17.4 Å².